The Hall–Kier alpha value is -3.36. The summed E-state index contributed by atoms with van der Waals surface area (Å²) in [6.45, 7) is 3.89. The van der Waals surface area contributed by atoms with Gasteiger partial charge in [-0.1, -0.05) is 11.3 Å². The van der Waals surface area contributed by atoms with Gasteiger partial charge in [-0.2, -0.15) is 0 Å². The average molecular weight is 342 g/mol. The lowest BCUT2D eigenvalue weighted by atomic mass is 10.2. The molecule has 0 aliphatic rings. The summed E-state index contributed by atoms with van der Waals surface area (Å²) in [5.41, 5.74) is 2.69. The Morgan fingerprint density at radius 2 is 2.16 bits per heavy atom. The Bertz CT molecular complexity index is 914. The van der Waals surface area contributed by atoms with E-state index in [0.29, 0.717) is 0 Å². The van der Waals surface area contributed by atoms with Gasteiger partial charge in [-0.15, -0.1) is 5.10 Å². The fourth-order valence-corrected chi connectivity index (χ4v) is 2.45. The molecule has 3 aromatic rings. The van der Waals surface area contributed by atoms with Crippen LogP contribution in [0.3, 0.4) is 0 Å². The first-order valence-corrected chi connectivity index (χ1v) is 7.77. The third-order valence-corrected chi connectivity index (χ3v) is 3.42. The predicted molar refractivity (Wildman–Crippen MR) is 92.3 cm³/mol. The second kappa shape index (κ2) is 7.04. The number of aromatic amines is 1. The highest BCUT2D eigenvalue weighted by molar-refractivity contribution is 6.01. The smallest absolute Gasteiger partial charge is 0.412 e. The van der Waals surface area contributed by atoms with Crippen LogP contribution in [0.5, 0.6) is 0 Å². The molecule has 0 unspecified atom stereocenters. The molecule has 3 N–H and O–H groups in total. The minimum absolute atomic E-state index is 0.0305. The van der Waals surface area contributed by atoms with Crippen LogP contribution in [-0.2, 0) is 16.1 Å². The number of nitrogens with one attached hydrogen (secondary N) is 3. The van der Waals surface area contributed by atoms with E-state index in [4.69, 9.17) is 4.74 Å². The molecule has 3 rings (SSSR count). The summed E-state index contributed by atoms with van der Waals surface area (Å²) in [4.78, 5) is 26.8. The van der Waals surface area contributed by atoms with Gasteiger partial charge in [-0.3, -0.25) is 10.1 Å². The fourth-order valence-electron chi connectivity index (χ4n) is 2.45. The van der Waals surface area contributed by atoms with Crippen molar-refractivity contribution in [2.75, 3.05) is 17.2 Å². The summed E-state index contributed by atoms with van der Waals surface area (Å²) >= 11 is 0. The number of ether oxygens (including phenoxy) is 1. The van der Waals surface area contributed by atoms with Gasteiger partial charge in [0.05, 0.1) is 18.5 Å². The molecule has 0 bridgehead atoms. The molecule has 130 valence electrons. The number of hydrogen-bond acceptors (Lipinski definition) is 5. The Balaban J connectivity index is 1.64. The second-order valence-corrected chi connectivity index (χ2v) is 5.41. The van der Waals surface area contributed by atoms with E-state index in [9.17, 15) is 9.59 Å². The standard InChI is InChI=1S/C16H18N6O3/c1-3-25-16(24)19-14-8-22(21-20-14)9-15(23)18-13-6-4-5-12-11(13)7-10(2)17-12/h4-8,17H,3,9H2,1-2H3,(H,18,23)(H,19,24). The lowest BCUT2D eigenvalue weighted by molar-refractivity contribution is -0.116. The van der Waals surface area contributed by atoms with Crippen LogP contribution in [0.4, 0.5) is 16.3 Å². The minimum Gasteiger partial charge on any atom is -0.450 e. The first-order valence-electron chi connectivity index (χ1n) is 7.77. The highest BCUT2D eigenvalue weighted by Crippen LogP contribution is 2.24. The number of amides is 2. The molecule has 0 aliphatic heterocycles. The molecule has 9 nitrogen and oxygen atoms in total. The Morgan fingerprint density at radius 1 is 1.32 bits per heavy atom. The molecule has 0 aliphatic carbocycles. The van der Waals surface area contributed by atoms with Crippen molar-refractivity contribution in [3.05, 3.63) is 36.2 Å². The molecular formula is C16H18N6O3. The molecule has 2 amide bonds. The maximum absolute atomic E-state index is 12.2. The zero-order valence-electron chi connectivity index (χ0n) is 13.9. The summed E-state index contributed by atoms with van der Waals surface area (Å²) in [7, 11) is 0. The number of H-pyrrole nitrogens is 1. The Morgan fingerprint density at radius 3 is 2.96 bits per heavy atom. The van der Waals surface area contributed by atoms with E-state index in [-0.39, 0.29) is 24.9 Å². The third-order valence-electron chi connectivity index (χ3n) is 3.42. The summed E-state index contributed by atoms with van der Waals surface area (Å²) in [6.07, 6.45) is 0.839. The molecule has 2 aromatic heterocycles. The normalized spacial score (nSPS) is 10.6. The van der Waals surface area contributed by atoms with Crippen LogP contribution in [0, 0.1) is 6.92 Å². The van der Waals surface area contributed by atoms with Crippen molar-refractivity contribution in [3.63, 3.8) is 0 Å². The van der Waals surface area contributed by atoms with Crippen LogP contribution in [0.2, 0.25) is 0 Å². The van der Waals surface area contributed by atoms with Crippen LogP contribution in [-0.4, -0.2) is 38.6 Å². The number of fused-ring (bicyclic) bond motifs is 1. The zero-order chi connectivity index (χ0) is 17.8. The van der Waals surface area contributed by atoms with Crippen molar-refractivity contribution >= 4 is 34.4 Å². The van der Waals surface area contributed by atoms with Crippen LogP contribution in [0.1, 0.15) is 12.6 Å². The fraction of sp³-hybridized carbons (Fsp3) is 0.250. The van der Waals surface area contributed by atoms with Gasteiger partial charge in [0.1, 0.15) is 6.54 Å². The van der Waals surface area contributed by atoms with Crippen LogP contribution in [0.25, 0.3) is 10.9 Å². The molecule has 0 saturated heterocycles. The zero-order valence-corrected chi connectivity index (χ0v) is 13.9. The molecular weight excluding hydrogens is 324 g/mol. The van der Waals surface area contributed by atoms with Crippen molar-refractivity contribution in [3.8, 4) is 0 Å². The van der Waals surface area contributed by atoms with E-state index < -0.39 is 6.09 Å². The van der Waals surface area contributed by atoms with Crippen LogP contribution >= 0.6 is 0 Å². The SMILES string of the molecule is CCOC(=O)Nc1cn(CC(=O)Nc2cccc3[nH]c(C)cc23)nn1. The predicted octanol–water partition coefficient (Wildman–Crippen LogP) is 2.27. The average Bonchev–Trinajstić information content (AvgIpc) is 3.13. The maximum atomic E-state index is 12.2. The van der Waals surface area contributed by atoms with Crippen LogP contribution in [0.15, 0.2) is 30.5 Å². The van der Waals surface area contributed by atoms with E-state index in [1.807, 2.05) is 31.2 Å². The highest BCUT2D eigenvalue weighted by Gasteiger charge is 2.11. The van der Waals surface area contributed by atoms with Gasteiger partial charge in [0.25, 0.3) is 0 Å². The van der Waals surface area contributed by atoms with Crippen molar-refractivity contribution < 1.29 is 14.3 Å². The van der Waals surface area contributed by atoms with Crippen molar-refractivity contribution in [2.24, 2.45) is 0 Å². The number of carbonyl (C=O) groups is 2. The van der Waals surface area contributed by atoms with E-state index >= 15 is 0 Å². The molecule has 0 fully saturated rings. The monoisotopic (exact) mass is 342 g/mol. The first kappa shape index (κ1) is 16.5. The molecule has 1 aromatic carbocycles. The summed E-state index contributed by atoms with van der Waals surface area (Å²) in [5.74, 6) is -0.0338. The lowest BCUT2D eigenvalue weighted by Crippen LogP contribution is -2.19. The summed E-state index contributed by atoms with van der Waals surface area (Å²) in [6, 6.07) is 7.62. The molecule has 0 saturated carbocycles. The quantitative estimate of drug-likeness (QED) is 0.658. The number of rotatable bonds is 5. The van der Waals surface area contributed by atoms with Gasteiger partial charge in [-0.25, -0.2) is 9.48 Å². The Kier molecular flexibility index (Phi) is 4.64. The highest BCUT2D eigenvalue weighted by atomic mass is 16.5. The van der Waals surface area contributed by atoms with E-state index in [2.05, 4.69) is 25.9 Å². The van der Waals surface area contributed by atoms with E-state index in [1.165, 1.54) is 10.9 Å². The third kappa shape index (κ3) is 3.94. The first-order chi connectivity index (χ1) is 12.0. The van der Waals surface area contributed by atoms with Gasteiger partial charge in [-0.05, 0) is 32.0 Å². The van der Waals surface area contributed by atoms with Crippen LogP contribution < -0.4 is 10.6 Å². The number of hydrogen-bond donors (Lipinski definition) is 3. The van der Waals surface area contributed by atoms with E-state index in [1.54, 1.807) is 6.92 Å². The van der Waals surface area contributed by atoms with Crippen molar-refractivity contribution in [1.82, 2.24) is 20.0 Å². The van der Waals surface area contributed by atoms with Gasteiger partial charge in [0.2, 0.25) is 5.91 Å². The van der Waals surface area contributed by atoms with Crippen molar-refractivity contribution in [1.29, 1.82) is 0 Å². The number of carbonyl (C=O) groups excluding carboxylic acids is 2. The van der Waals surface area contributed by atoms with E-state index in [0.717, 1.165) is 22.3 Å². The molecule has 25 heavy (non-hydrogen) atoms. The van der Waals surface area contributed by atoms with Gasteiger partial charge < -0.3 is 15.0 Å². The number of benzene rings is 1. The lowest BCUT2D eigenvalue weighted by Gasteiger charge is -2.06. The number of aromatic nitrogens is 4. The molecule has 2 heterocycles. The van der Waals surface area contributed by atoms with Gasteiger partial charge in [0, 0.05) is 16.6 Å². The topological polar surface area (TPSA) is 114 Å². The number of aryl methyl sites for hydroxylation is 1. The van der Waals surface area contributed by atoms with Gasteiger partial charge >= 0.3 is 6.09 Å². The molecule has 0 spiro atoms. The molecule has 0 atom stereocenters. The van der Waals surface area contributed by atoms with Crippen molar-refractivity contribution in [2.45, 2.75) is 20.4 Å². The summed E-state index contributed by atoms with van der Waals surface area (Å²) < 4.78 is 6.08. The second-order valence-electron chi connectivity index (χ2n) is 5.41. The minimum atomic E-state index is -0.617. The molecule has 0 radical (unpaired) electrons. The number of nitrogens with zero attached hydrogens (tertiary/aromatic N) is 3. The maximum Gasteiger partial charge on any atom is 0.412 e. The number of anilines is 2. The molecule has 9 heteroatoms. The summed E-state index contributed by atoms with van der Waals surface area (Å²) in [5, 5.41) is 13.8. The van der Waals surface area contributed by atoms with Gasteiger partial charge in [0.15, 0.2) is 5.82 Å². The Labute approximate surface area is 143 Å². The largest absolute Gasteiger partial charge is 0.450 e.